The normalized spacial score (nSPS) is 17.3. The minimum Gasteiger partial charge on any atom is -0.390 e. The highest BCUT2D eigenvalue weighted by atomic mass is 16.3. The van der Waals surface area contributed by atoms with Gasteiger partial charge in [0.25, 0.3) is 11.8 Å². The van der Waals surface area contributed by atoms with E-state index < -0.39 is 11.5 Å². The summed E-state index contributed by atoms with van der Waals surface area (Å²) in [4.78, 5) is 26.0. The summed E-state index contributed by atoms with van der Waals surface area (Å²) in [5.41, 5.74) is 0.880. The molecule has 1 aliphatic heterocycles. The molecule has 2 aromatic carbocycles. The molecule has 1 heterocycles. The van der Waals surface area contributed by atoms with E-state index in [4.69, 9.17) is 0 Å². The first-order valence-corrected chi connectivity index (χ1v) is 7.81. The predicted octanol–water partition coefficient (Wildman–Crippen LogP) is 2.79. The zero-order valence-corrected chi connectivity index (χ0v) is 13.5. The van der Waals surface area contributed by atoms with Crippen molar-refractivity contribution in [1.29, 1.82) is 0 Å². The molecule has 3 rings (SSSR count). The van der Waals surface area contributed by atoms with Crippen LogP contribution in [0, 0.1) is 0 Å². The van der Waals surface area contributed by atoms with E-state index in [2.05, 4.69) is 6.58 Å². The lowest BCUT2D eigenvalue weighted by Crippen LogP contribution is -2.45. The van der Waals surface area contributed by atoms with Gasteiger partial charge in [-0.05, 0) is 24.6 Å². The fraction of sp³-hybridized carbons (Fsp3) is 0.200. The fourth-order valence-corrected chi connectivity index (χ4v) is 3.01. The summed E-state index contributed by atoms with van der Waals surface area (Å²) in [5, 5.41) is 10.8. The summed E-state index contributed by atoms with van der Waals surface area (Å²) in [6.07, 6.45) is 0.699. The molecule has 4 heteroatoms. The molecule has 0 fully saturated rings. The molecule has 1 N–H and O–H groups in total. The van der Waals surface area contributed by atoms with Crippen molar-refractivity contribution < 1.29 is 14.7 Å². The number of benzene rings is 2. The highest BCUT2D eigenvalue weighted by Crippen LogP contribution is 2.31. The van der Waals surface area contributed by atoms with Gasteiger partial charge in [0.2, 0.25) is 0 Å². The molecule has 0 aromatic heterocycles. The Bertz CT molecular complexity index is 765. The smallest absolute Gasteiger partial charge is 0.261 e. The molecule has 0 aliphatic carbocycles. The van der Waals surface area contributed by atoms with Gasteiger partial charge < -0.3 is 5.11 Å². The number of aliphatic hydroxyl groups is 1. The molecule has 0 saturated heterocycles. The van der Waals surface area contributed by atoms with Gasteiger partial charge in [-0.25, -0.2) is 0 Å². The first kappa shape index (κ1) is 16.1. The van der Waals surface area contributed by atoms with Crippen LogP contribution >= 0.6 is 0 Å². The number of carbonyl (C=O) groups excluding carboxylic acids is 2. The van der Waals surface area contributed by atoms with Crippen molar-refractivity contribution in [3.05, 3.63) is 83.9 Å². The van der Waals surface area contributed by atoms with Gasteiger partial charge in [0.1, 0.15) is 0 Å². The van der Waals surface area contributed by atoms with Gasteiger partial charge in [-0.3, -0.25) is 14.5 Å². The molecule has 4 nitrogen and oxygen atoms in total. The van der Waals surface area contributed by atoms with Gasteiger partial charge in [-0.2, -0.15) is 0 Å². The van der Waals surface area contributed by atoms with Crippen LogP contribution < -0.4 is 0 Å². The predicted molar refractivity (Wildman–Crippen MR) is 91.8 cm³/mol. The zero-order chi connectivity index (χ0) is 17.3. The Balaban J connectivity index is 1.87. The number of fused-ring (bicyclic) bond motifs is 1. The molecule has 122 valence electrons. The SMILES string of the molecule is C=CC(C)(c1ccccc1)C(O)CN1C(=O)c2ccccc2C1=O. The fourth-order valence-electron chi connectivity index (χ4n) is 3.01. The maximum atomic E-state index is 12.5. The second kappa shape index (κ2) is 6.06. The average Bonchev–Trinajstić information content (AvgIpc) is 2.87. The number of amides is 2. The summed E-state index contributed by atoms with van der Waals surface area (Å²) in [6.45, 7) is 5.60. The van der Waals surface area contributed by atoms with Crippen LogP contribution in [0.25, 0.3) is 0 Å². The molecule has 0 radical (unpaired) electrons. The van der Waals surface area contributed by atoms with Crippen LogP contribution in [0.4, 0.5) is 0 Å². The van der Waals surface area contributed by atoms with Crippen molar-refractivity contribution in [2.75, 3.05) is 6.54 Å². The quantitative estimate of drug-likeness (QED) is 0.680. The van der Waals surface area contributed by atoms with Crippen molar-refractivity contribution >= 4 is 11.8 Å². The molecule has 0 saturated carbocycles. The van der Waals surface area contributed by atoms with E-state index in [1.807, 2.05) is 37.3 Å². The molecular weight excluding hydrogens is 302 g/mol. The third-order valence-corrected chi connectivity index (χ3v) is 4.75. The number of aliphatic hydroxyl groups excluding tert-OH is 1. The lowest BCUT2D eigenvalue weighted by Gasteiger charge is -2.34. The third kappa shape index (κ3) is 2.45. The van der Waals surface area contributed by atoms with E-state index in [0.29, 0.717) is 11.1 Å². The Kier molecular flexibility index (Phi) is 4.08. The Morgan fingerprint density at radius 2 is 1.54 bits per heavy atom. The van der Waals surface area contributed by atoms with Crippen molar-refractivity contribution in [1.82, 2.24) is 4.90 Å². The van der Waals surface area contributed by atoms with Crippen LogP contribution in [0.3, 0.4) is 0 Å². The monoisotopic (exact) mass is 321 g/mol. The topological polar surface area (TPSA) is 57.6 Å². The molecular formula is C20H19NO3. The lowest BCUT2D eigenvalue weighted by atomic mass is 9.77. The number of β-amino-alcohol motifs (C(OH)–C–C–N with tert-alkyl or cyclic N) is 1. The largest absolute Gasteiger partial charge is 0.390 e. The summed E-state index contributed by atoms with van der Waals surface area (Å²) >= 11 is 0. The zero-order valence-electron chi connectivity index (χ0n) is 13.5. The lowest BCUT2D eigenvalue weighted by molar-refractivity contribution is 0.0449. The first-order chi connectivity index (χ1) is 11.5. The van der Waals surface area contributed by atoms with Gasteiger partial charge in [0.05, 0.1) is 23.8 Å². The summed E-state index contributed by atoms with van der Waals surface area (Å²) < 4.78 is 0. The van der Waals surface area contributed by atoms with Crippen molar-refractivity contribution in [2.45, 2.75) is 18.4 Å². The molecule has 2 amide bonds. The van der Waals surface area contributed by atoms with Crippen LogP contribution in [0.1, 0.15) is 33.2 Å². The molecule has 1 aliphatic rings. The summed E-state index contributed by atoms with van der Waals surface area (Å²) in [5.74, 6) is -0.733. The number of carbonyl (C=O) groups is 2. The van der Waals surface area contributed by atoms with Crippen LogP contribution in [-0.4, -0.2) is 34.5 Å². The van der Waals surface area contributed by atoms with Gasteiger partial charge >= 0.3 is 0 Å². The number of nitrogens with zero attached hydrogens (tertiary/aromatic N) is 1. The van der Waals surface area contributed by atoms with E-state index in [9.17, 15) is 14.7 Å². The molecule has 2 unspecified atom stereocenters. The van der Waals surface area contributed by atoms with E-state index in [1.54, 1.807) is 30.3 Å². The third-order valence-electron chi connectivity index (χ3n) is 4.75. The van der Waals surface area contributed by atoms with Crippen molar-refractivity contribution in [3.63, 3.8) is 0 Å². The standard InChI is InChI=1S/C20H19NO3/c1-3-20(2,14-9-5-4-6-10-14)17(22)13-21-18(23)15-11-7-8-12-16(15)19(21)24/h3-12,17,22H,1,13H2,2H3. The summed E-state index contributed by atoms with van der Waals surface area (Å²) in [6, 6.07) is 16.2. The second-order valence-corrected chi connectivity index (χ2v) is 6.14. The highest BCUT2D eigenvalue weighted by Gasteiger charge is 2.40. The molecule has 2 aromatic rings. The number of hydrogen-bond acceptors (Lipinski definition) is 3. The number of hydrogen-bond donors (Lipinski definition) is 1. The second-order valence-electron chi connectivity index (χ2n) is 6.14. The van der Waals surface area contributed by atoms with Crippen LogP contribution in [0.2, 0.25) is 0 Å². The molecule has 2 atom stereocenters. The van der Waals surface area contributed by atoms with Gasteiger partial charge in [-0.1, -0.05) is 48.5 Å². The Morgan fingerprint density at radius 3 is 2.04 bits per heavy atom. The van der Waals surface area contributed by atoms with Crippen molar-refractivity contribution in [2.24, 2.45) is 0 Å². The van der Waals surface area contributed by atoms with E-state index in [1.165, 1.54) is 0 Å². The first-order valence-electron chi connectivity index (χ1n) is 7.81. The van der Waals surface area contributed by atoms with Gasteiger partial charge in [0, 0.05) is 5.41 Å². The minimum atomic E-state index is -0.959. The maximum Gasteiger partial charge on any atom is 0.261 e. The van der Waals surface area contributed by atoms with Crippen LogP contribution in [0.5, 0.6) is 0 Å². The summed E-state index contributed by atoms with van der Waals surface area (Å²) in [7, 11) is 0. The molecule has 24 heavy (non-hydrogen) atoms. The van der Waals surface area contributed by atoms with Crippen LogP contribution in [0.15, 0.2) is 67.3 Å². The molecule has 0 spiro atoms. The van der Waals surface area contributed by atoms with E-state index in [-0.39, 0.29) is 18.4 Å². The van der Waals surface area contributed by atoms with Gasteiger partial charge in [-0.15, -0.1) is 6.58 Å². The van der Waals surface area contributed by atoms with Crippen molar-refractivity contribution in [3.8, 4) is 0 Å². The minimum absolute atomic E-state index is 0.0796. The van der Waals surface area contributed by atoms with Crippen LogP contribution in [-0.2, 0) is 5.41 Å². The van der Waals surface area contributed by atoms with Gasteiger partial charge in [0.15, 0.2) is 0 Å². The average molecular weight is 321 g/mol. The highest BCUT2D eigenvalue weighted by molar-refractivity contribution is 6.21. The molecule has 0 bridgehead atoms. The Hall–Kier alpha value is -2.72. The van der Waals surface area contributed by atoms with E-state index in [0.717, 1.165) is 10.5 Å². The Labute approximate surface area is 141 Å². The number of imide groups is 1. The Morgan fingerprint density at radius 1 is 1.04 bits per heavy atom. The maximum absolute atomic E-state index is 12.5. The number of rotatable bonds is 5. The van der Waals surface area contributed by atoms with E-state index >= 15 is 0 Å².